The minimum absolute atomic E-state index is 0.778. The van der Waals surface area contributed by atoms with Crippen LogP contribution in [0.25, 0.3) is 11.8 Å². The van der Waals surface area contributed by atoms with Crippen LogP contribution in [0.15, 0.2) is 71.1 Å². The molecule has 0 N–H and O–H groups in total. The summed E-state index contributed by atoms with van der Waals surface area (Å²) in [7, 11) is 0. The number of rotatable bonds is 5. The average Bonchev–Trinajstić information content (AvgIpc) is 2.94. The second-order valence-corrected chi connectivity index (χ2v) is 7.40. The summed E-state index contributed by atoms with van der Waals surface area (Å²) >= 11 is 8.65. The van der Waals surface area contributed by atoms with Gasteiger partial charge in [-0.25, -0.2) is 4.68 Å². The van der Waals surface area contributed by atoms with Crippen LogP contribution in [-0.4, -0.2) is 15.5 Å². The van der Waals surface area contributed by atoms with Crippen molar-refractivity contribution in [3.8, 4) is 5.69 Å². The van der Waals surface area contributed by atoms with Gasteiger partial charge in [-0.05, 0) is 29.9 Å². The Kier molecular flexibility index (Phi) is 5.21. The Morgan fingerprint density at radius 3 is 2.45 bits per heavy atom. The van der Waals surface area contributed by atoms with E-state index in [9.17, 15) is 0 Å². The molecule has 0 aliphatic rings. The fourth-order valence-corrected chi connectivity index (χ4v) is 4.12. The lowest BCUT2D eigenvalue weighted by Gasteiger charge is -1.98. The third-order valence-electron chi connectivity index (χ3n) is 2.94. The average molecular weight is 343 g/mol. The summed E-state index contributed by atoms with van der Waals surface area (Å²) in [6.45, 7) is 0. The van der Waals surface area contributed by atoms with Gasteiger partial charge >= 0.3 is 0 Å². The number of hydrogen-bond acceptors (Lipinski definition) is 4. The molecule has 0 bridgehead atoms. The monoisotopic (exact) mass is 342 g/mol. The van der Waals surface area contributed by atoms with Gasteiger partial charge in [0.25, 0.3) is 0 Å². The second-order valence-electron chi connectivity index (χ2n) is 4.51. The first kappa shape index (κ1) is 15.2. The number of benzene rings is 2. The minimum atomic E-state index is 0.778. The van der Waals surface area contributed by atoms with E-state index in [1.165, 1.54) is 5.56 Å². The summed E-state index contributed by atoms with van der Waals surface area (Å²) < 4.78 is 3.59. The summed E-state index contributed by atoms with van der Waals surface area (Å²) in [6.07, 6.45) is 4.28. The lowest BCUT2D eigenvalue weighted by atomic mass is 10.2. The van der Waals surface area contributed by atoms with Crippen molar-refractivity contribution in [2.75, 3.05) is 5.75 Å². The maximum atomic E-state index is 5.40. The zero-order valence-corrected chi connectivity index (χ0v) is 14.2. The zero-order valence-electron chi connectivity index (χ0n) is 11.8. The van der Waals surface area contributed by atoms with Crippen molar-refractivity contribution in [2.45, 2.75) is 4.34 Å². The molecule has 0 spiro atoms. The van der Waals surface area contributed by atoms with E-state index in [-0.39, 0.29) is 0 Å². The first-order valence-corrected chi connectivity index (χ1v) is 9.04. The smallest absolute Gasteiger partial charge is 0.184 e. The Morgan fingerprint density at radius 2 is 1.73 bits per heavy atom. The maximum Gasteiger partial charge on any atom is 0.184 e. The molecule has 0 radical (unpaired) electrons. The number of aromatic nitrogens is 2. The predicted molar refractivity (Wildman–Crippen MR) is 98.5 cm³/mol. The SMILES string of the molecule is S=c1sc(SCC=Cc2ccccc2)nn1-c1ccccc1. The van der Waals surface area contributed by atoms with Gasteiger partial charge in [0.1, 0.15) is 0 Å². The molecule has 2 nitrogen and oxygen atoms in total. The van der Waals surface area contributed by atoms with Crippen LogP contribution < -0.4 is 0 Å². The molecule has 0 aliphatic heterocycles. The van der Waals surface area contributed by atoms with Gasteiger partial charge < -0.3 is 0 Å². The molecule has 0 aliphatic carbocycles. The van der Waals surface area contributed by atoms with E-state index in [2.05, 4.69) is 29.4 Å². The molecule has 3 rings (SSSR count). The van der Waals surface area contributed by atoms with Gasteiger partial charge in [-0.3, -0.25) is 0 Å². The summed E-state index contributed by atoms with van der Waals surface area (Å²) in [6, 6.07) is 20.3. The molecule has 1 aromatic heterocycles. The van der Waals surface area contributed by atoms with Crippen LogP contribution in [0.2, 0.25) is 0 Å². The van der Waals surface area contributed by atoms with Gasteiger partial charge in [0, 0.05) is 5.75 Å². The summed E-state index contributed by atoms with van der Waals surface area (Å²) in [5, 5.41) is 4.58. The van der Waals surface area contributed by atoms with E-state index in [1.54, 1.807) is 23.1 Å². The second kappa shape index (κ2) is 7.54. The van der Waals surface area contributed by atoms with Crippen molar-refractivity contribution in [2.24, 2.45) is 0 Å². The van der Waals surface area contributed by atoms with E-state index >= 15 is 0 Å². The fraction of sp³-hybridized carbons (Fsp3) is 0.0588. The van der Waals surface area contributed by atoms with Crippen LogP contribution in [0.3, 0.4) is 0 Å². The van der Waals surface area contributed by atoms with Crippen molar-refractivity contribution < 1.29 is 0 Å². The predicted octanol–water partition coefficient (Wildman–Crippen LogP) is 5.47. The lowest BCUT2D eigenvalue weighted by Crippen LogP contribution is -1.95. The summed E-state index contributed by atoms with van der Waals surface area (Å²) in [4.78, 5) is 0. The fourth-order valence-electron chi connectivity index (χ4n) is 1.92. The van der Waals surface area contributed by atoms with E-state index in [0.29, 0.717) is 0 Å². The Morgan fingerprint density at radius 1 is 1.05 bits per heavy atom. The molecule has 0 saturated heterocycles. The molecule has 5 heteroatoms. The van der Waals surface area contributed by atoms with Crippen molar-refractivity contribution >= 4 is 41.4 Å². The topological polar surface area (TPSA) is 17.8 Å². The van der Waals surface area contributed by atoms with E-state index < -0.39 is 0 Å². The highest BCUT2D eigenvalue weighted by atomic mass is 32.2. The molecule has 0 fully saturated rings. The van der Waals surface area contributed by atoms with Crippen LogP contribution >= 0.6 is 35.3 Å². The molecule has 22 heavy (non-hydrogen) atoms. The van der Waals surface area contributed by atoms with Crippen molar-refractivity contribution in [3.63, 3.8) is 0 Å². The van der Waals surface area contributed by atoms with Gasteiger partial charge in [-0.2, -0.15) is 0 Å². The number of para-hydroxylation sites is 1. The Labute approximate surface area is 143 Å². The molecule has 0 unspecified atom stereocenters. The van der Waals surface area contributed by atoms with E-state index in [4.69, 9.17) is 12.2 Å². The third kappa shape index (κ3) is 3.94. The molecule has 2 aromatic carbocycles. The van der Waals surface area contributed by atoms with Gasteiger partial charge in [-0.1, -0.05) is 83.8 Å². The highest BCUT2D eigenvalue weighted by Gasteiger charge is 2.05. The quantitative estimate of drug-likeness (QED) is 0.452. The minimum Gasteiger partial charge on any atom is -0.211 e. The van der Waals surface area contributed by atoms with Crippen molar-refractivity contribution in [3.05, 3.63) is 76.3 Å². The highest BCUT2D eigenvalue weighted by Crippen LogP contribution is 2.24. The molecular weight excluding hydrogens is 328 g/mol. The van der Waals surface area contributed by atoms with E-state index in [1.807, 2.05) is 53.2 Å². The molecule has 110 valence electrons. The lowest BCUT2D eigenvalue weighted by molar-refractivity contribution is 0.830. The van der Waals surface area contributed by atoms with Gasteiger partial charge in [-0.15, -0.1) is 5.10 Å². The first-order valence-electron chi connectivity index (χ1n) is 6.83. The normalized spacial score (nSPS) is 11.1. The molecule has 0 atom stereocenters. The maximum absolute atomic E-state index is 5.40. The standard InChI is InChI=1S/C17H14N2S3/c20-17-19(15-11-5-2-6-12-15)18-16(22-17)21-13-7-10-14-8-3-1-4-9-14/h1-12H,13H2. The number of thioether (sulfide) groups is 1. The molecule has 3 aromatic rings. The summed E-state index contributed by atoms with van der Waals surface area (Å²) in [5.74, 6) is 0.881. The number of hydrogen-bond donors (Lipinski definition) is 0. The molecule has 0 saturated carbocycles. The first-order chi connectivity index (χ1) is 10.8. The third-order valence-corrected chi connectivity index (χ3v) is 5.26. The van der Waals surface area contributed by atoms with Crippen molar-refractivity contribution in [1.82, 2.24) is 9.78 Å². The van der Waals surface area contributed by atoms with Gasteiger partial charge in [0.05, 0.1) is 5.69 Å². The van der Waals surface area contributed by atoms with Gasteiger partial charge in [0.2, 0.25) is 0 Å². The largest absolute Gasteiger partial charge is 0.211 e. The van der Waals surface area contributed by atoms with Crippen LogP contribution in [-0.2, 0) is 0 Å². The van der Waals surface area contributed by atoms with Gasteiger partial charge in [0.15, 0.2) is 8.29 Å². The highest BCUT2D eigenvalue weighted by molar-refractivity contribution is 8.01. The molecular formula is C17H14N2S3. The van der Waals surface area contributed by atoms with Crippen LogP contribution in [0.5, 0.6) is 0 Å². The van der Waals surface area contributed by atoms with Crippen LogP contribution in [0, 0.1) is 3.95 Å². The zero-order chi connectivity index (χ0) is 15.2. The molecule has 1 heterocycles. The Balaban J connectivity index is 1.65. The summed E-state index contributed by atoms with van der Waals surface area (Å²) in [5.41, 5.74) is 2.22. The van der Waals surface area contributed by atoms with Crippen molar-refractivity contribution in [1.29, 1.82) is 0 Å². The Hall–Kier alpha value is -1.69. The van der Waals surface area contributed by atoms with Crippen LogP contribution in [0.1, 0.15) is 5.56 Å². The number of nitrogens with zero attached hydrogens (tertiary/aromatic N) is 2. The van der Waals surface area contributed by atoms with Crippen LogP contribution in [0.4, 0.5) is 0 Å². The molecule has 0 amide bonds. The van der Waals surface area contributed by atoms with E-state index in [0.717, 1.165) is 19.7 Å². The Bertz CT molecular complexity index is 805.